The van der Waals surface area contributed by atoms with E-state index in [1.54, 1.807) is 13.0 Å². The van der Waals surface area contributed by atoms with Crippen LogP contribution in [0, 0.1) is 6.92 Å². The number of benzene rings is 1. The number of alkyl halides is 3. The molecular weight excluding hydrogens is 511 g/mol. The summed E-state index contributed by atoms with van der Waals surface area (Å²) in [5.41, 5.74) is 0.332. The van der Waals surface area contributed by atoms with Crippen LogP contribution >= 0.6 is 0 Å². The molecule has 0 unspecified atom stereocenters. The summed E-state index contributed by atoms with van der Waals surface area (Å²) in [4.78, 5) is 32.1. The second kappa shape index (κ2) is 14.8. The van der Waals surface area contributed by atoms with E-state index in [2.05, 4.69) is 35.6 Å². The van der Waals surface area contributed by atoms with Gasteiger partial charge in [0.15, 0.2) is 12.4 Å². The molecule has 11 heteroatoms. The monoisotopic (exact) mass is 545 g/mol. The first-order chi connectivity index (χ1) is 18.6. The number of hydrogen-bond donors (Lipinski definition) is 0. The molecule has 39 heavy (non-hydrogen) atoms. The smallest absolute Gasteiger partial charge is 0.422 e. The molecule has 0 fully saturated rings. The van der Waals surface area contributed by atoms with Crippen LogP contribution in [0.5, 0.6) is 5.75 Å². The molecule has 8 nitrogen and oxygen atoms in total. The number of halogens is 3. The molecule has 0 spiro atoms. The maximum atomic E-state index is 13.5. The van der Waals surface area contributed by atoms with Crippen molar-refractivity contribution in [1.82, 2.24) is 24.5 Å². The Balaban J connectivity index is 0.00000124. The summed E-state index contributed by atoms with van der Waals surface area (Å²) < 4.78 is 45.1. The first kappa shape index (κ1) is 31.2. The lowest BCUT2D eigenvalue weighted by molar-refractivity contribution is -0.153. The highest BCUT2D eigenvalue weighted by Crippen LogP contribution is 2.28. The van der Waals surface area contributed by atoms with Gasteiger partial charge in [-0.15, -0.1) is 0 Å². The first-order valence-electron chi connectivity index (χ1n) is 12.7. The Morgan fingerprint density at radius 1 is 1.10 bits per heavy atom. The second-order valence-corrected chi connectivity index (χ2v) is 8.58. The normalized spacial score (nSPS) is 11.3. The van der Waals surface area contributed by atoms with Crippen molar-refractivity contribution in [2.45, 2.75) is 66.1 Å². The zero-order valence-electron chi connectivity index (χ0n) is 22.7. The molecule has 0 N–H and O–H groups in total. The average molecular weight is 546 g/mol. The van der Waals surface area contributed by atoms with Gasteiger partial charge in [-0.3, -0.25) is 14.2 Å². The van der Waals surface area contributed by atoms with Crippen LogP contribution in [-0.2, 0) is 13.0 Å². The summed E-state index contributed by atoms with van der Waals surface area (Å²) in [6.07, 6.45) is 6.44. The van der Waals surface area contributed by atoms with Gasteiger partial charge in [0, 0.05) is 12.0 Å². The Labute approximate surface area is 225 Å². The SMILES string of the molecule is C=C/C=C\c1c(C)nc(CCC)n(-c2cc(C(=O)Cn3nccn3)ccc2OCC(F)(F)F)c1=O.CCCC. The quantitative estimate of drug-likeness (QED) is 0.220. The van der Waals surface area contributed by atoms with Gasteiger partial charge in [0.05, 0.1) is 29.3 Å². The molecule has 0 radical (unpaired) electrons. The molecule has 0 bridgehead atoms. The topological polar surface area (TPSA) is 91.9 Å². The van der Waals surface area contributed by atoms with E-state index in [4.69, 9.17) is 4.74 Å². The van der Waals surface area contributed by atoms with Gasteiger partial charge in [0.1, 0.15) is 18.1 Å². The number of aromatic nitrogens is 5. The minimum absolute atomic E-state index is 0.0114. The van der Waals surface area contributed by atoms with E-state index in [9.17, 15) is 22.8 Å². The average Bonchev–Trinajstić information content (AvgIpc) is 3.40. The number of hydrogen-bond acceptors (Lipinski definition) is 6. The number of unbranched alkanes of at least 4 members (excludes halogenated alkanes) is 1. The largest absolute Gasteiger partial charge is 0.482 e. The Kier molecular flexibility index (Phi) is 11.8. The molecule has 0 saturated heterocycles. The minimum atomic E-state index is -4.60. The predicted molar refractivity (Wildman–Crippen MR) is 144 cm³/mol. The number of allylic oxidation sites excluding steroid dienone is 2. The predicted octanol–water partition coefficient (Wildman–Crippen LogP) is 5.91. The van der Waals surface area contributed by atoms with E-state index in [-0.39, 0.29) is 29.1 Å². The lowest BCUT2D eigenvalue weighted by Gasteiger charge is -2.19. The zero-order chi connectivity index (χ0) is 29.0. The van der Waals surface area contributed by atoms with Crippen molar-refractivity contribution in [2.75, 3.05) is 6.61 Å². The van der Waals surface area contributed by atoms with E-state index < -0.39 is 24.1 Å². The maximum Gasteiger partial charge on any atom is 0.422 e. The number of aryl methyl sites for hydroxylation is 2. The third-order valence-electron chi connectivity index (χ3n) is 5.42. The zero-order valence-corrected chi connectivity index (χ0v) is 22.7. The Morgan fingerprint density at radius 3 is 2.33 bits per heavy atom. The lowest BCUT2D eigenvalue weighted by Crippen LogP contribution is -2.28. The van der Waals surface area contributed by atoms with Crippen molar-refractivity contribution < 1.29 is 22.7 Å². The van der Waals surface area contributed by atoms with Crippen molar-refractivity contribution in [1.29, 1.82) is 0 Å². The van der Waals surface area contributed by atoms with Crippen molar-refractivity contribution in [3.63, 3.8) is 0 Å². The molecule has 2 aromatic heterocycles. The summed E-state index contributed by atoms with van der Waals surface area (Å²) in [5, 5.41) is 7.79. The number of carbonyl (C=O) groups excluding carboxylic acids is 1. The molecule has 210 valence electrons. The fourth-order valence-electron chi connectivity index (χ4n) is 3.38. The van der Waals surface area contributed by atoms with Crippen LogP contribution in [0.15, 0.2) is 54.1 Å². The van der Waals surface area contributed by atoms with Crippen molar-refractivity contribution in [3.05, 3.63) is 82.3 Å². The number of ketones is 1. The molecular formula is C28H34F3N5O3. The fraction of sp³-hybridized carbons (Fsp3) is 0.393. The van der Waals surface area contributed by atoms with Gasteiger partial charge in [-0.25, -0.2) is 4.98 Å². The number of carbonyl (C=O) groups is 1. The minimum Gasteiger partial charge on any atom is -0.482 e. The van der Waals surface area contributed by atoms with Gasteiger partial charge in [0.25, 0.3) is 5.56 Å². The lowest BCUT2D eigenvalue weighted by atomic mass is 10.1. The van der Waals surface area contributed by atoms with E-state index >= 15 is 0 Å². The fourth-order valence-corrected chi connectivity index (χ4v) is 3.38. The molecule has 3 rings (SSSR count). The van der Waals surface area contributed by atoms with Crippen LogP contribution in [0.25, 0.3) is 11.8 Å². The molecule has 3 aromatic rings. The molecule has 0 aliphatic carbocycles. The molecule has 2 heterocycles. The highest BCUT2D eigenvalue weighted by Gasteiger charge is 2.29. The molecule has 0 amide bonds. The van der Waals surface area contributed by atoms with Crippen molar-refractivity contribution >= 4 is 11.9 Å². The van der Waals surface area contributed by atoms with Gasteiger partial charge in [-0.05, 0) is 37.6 Å². The molecule has 0 atom stereocenters. The second-order valence-electron chi connectivity index (χ2n) is 8.58. The van der Waals surface area contributed by atoms with Crippen LogP contribution < -0.4 is 10.3 Å². The molecule has 0 saturated carbocycles. The number of rotatable bonds is 11. The van der Waals surface area contributed by atoms with Gasteiger partial charge < -0.3 is 4.74 Å². The van der Waals surface area contributed by atoms with Gasteiger partial charge in [-0.1, -0.05) is 52.3 Å². The van der Waals surface area contributed by atoms with Crippen LogP contribution in [0.3, 0.4) is 0 Å². The Morgan fingerprint density at radius 2 is 1.77 bits per heavy atom. The third kappa shape index (κ3) is 9.05. The summed E-state index contributed by atoms with van der Waals surface area (Å²) in [6, 6.07) is 3.91. The van der Waals surface area contributed by atoms with Crippen LogP contribution in [0.4, 0.5) is 13.2 Å². The maximum absolute atomic E-state index is 13.5. The van der Waals surface area contributed by atoms with Crippen molar-refractivity contribution in [3.8, 4) is 11.4 Å². The number of ether oxygens (including phenoxy) is 1. The first-order valence-corrected chi connectivity index (χ1v) is 12.7. The Bertz CT molecular complexity index is 1330. The van der Waals surface area contributed by atoms with E-state index in [1.807, 2.05) is 6.92 Å². The van der Waals surface area contributed by atoms with E-state index in [0.29, 0.717) is 24.4 Å². The summed E-state index contributed by atoms with van der Waals surface area (Å²) >= 11 is 0. The summed E-state index contributed by atoms with van der Waals surface area (Å²) in [5.74, 6) is -0.275. The van der Waals surface area contributed by atoms with E-state index in [1.165, 1.54) is 65.0 Å². The molecule has 0 aliphatic heterocycles. The van der Waals surface area contributed by atoms with Crippen LogP contribution in [-0.4, -0.2) is 43.1 Å². The summed E-state index contributed by atoms with van der Waals surface area (Å²) in [6.45, 7) is 9.76. The highest BCUT2D eigenvalue weighted by molar-refractivity contribution is 5.96. The van der Waals surface area contributed by atoms with E-state index in [0.717, 1.165) is 0 Å². The molecule has 0 aliphatic rings. The summed E-state index contributed by atoms with van der Waals surface area (Å²) in [7, 11) is 0. The van der Waals surface area contributed by atoms with Crippen molar-refractivity contribution in [2.24, 2.45) is 0 Å². The third-order valence-corrected chi connectivity index (χ3v) is 5.42. The number of nitrogens with zero attached hydrogens (tertiary/aromatic N) is 5. The van der Waals surface area contributed by atoms with Gasteiger partial charge in [-0.2, -0.15) is 28.2 Å². The van der Waals surface area contributed by atoms with Gasteiger partial charge >= 0.3 is 6.18 Å². The highest BCUT2D eigenvalue weighted by atomic mass is 19.4. The molecule has 1 aromatic carbocycles. The Hall–Kier alpha value is -4.02. The van der Waals surface area contributed by atoms with Gasteiger partial charge in [0.2, 0.25) is 0 Å². The van der Waals surface area contributed by atoms with Crippen LogP contribution in [0.2, 0.25) is 0 Å². The van der Waals surface area contributed by atoms with Crippen LogP contribution in [0.1, 0.15) is 67.5 Å². The standard InChI is InChI=1S/C24H24F3N5O3.C4H10/c1-4-6-8-18-16(3)30-22(7-5-2)32(23(18)34)19-13-17(20(33)14-31-28-11-12-29-31)9-10-21(19)35-15-24(25,26)27;1-3-4-2/h4,6,8-13H,1,5,7,14-15H2,2-3H3;3-4H2,1-2H3/b8-6-;. The number of Topliss-reactive ketones (excluding diaryl/α,β-unsaturated/α-hetero) is 1.